The molecular formula is C58H83N7S3. The Morgan fingerprint density at radius 3 is 1.31 bits per heavy atom. The highest BCUT2D eigenvalue weighted by Gasteiger charge is 2.00. The van der Waals surface area contributed by atoms with Gasteiger partial charge in [0.25, 0.3) is 0 Å². The molecule has 0 saturated heterocycles. The Morgan fingerprint density at radius 2 is 1.01 bits per heavy atom. The molecular weight excluding hydrogens is 891 g/mol. The fraction of sp³-hybridized carbons (Fsp3) is 0.414. The summed E-state index contributed by atoms with van der Waals surface area (Å²) in [5, 5.41) is 6.22. The highest BCUT2D eigenvalue weighted by atomic mass is 32.1. The van der Waals surface area contributed by atoms with Crippen LogP contribution in [0.5, 0.6) is 0 Å². The van der Waals surface area contributed by atoms with Crippen molar-refractivity contribution in [1.82, 2.24) is 33.9 Å². The SMILES string of the molecule is CC(C)c1ccccc1.CC(C)c1ccccn1.CC(C)c1cccnc1.CC(C)c1cccs1.CC(C)c1ccsn1.CC(C)c1cscn1.CC(C)c1ncccn1.CC(C)n1cccc1. The van der Waals surface area contributed by atoms with Crippen molar-refractivity contribution in [3.05, 3.63) is 201 Å². The van der Waals surface area contributed by atoms with E-state index in [1.54, 1.807) is 29.9 Å². The number of rotatable bonds is 8. The lowest BCUT2D eigenvalue weighted by molar-refractivity contribution is 0.604. The Bertz CT molecular complexity index is 1890. The van der Waals surface area contributed by atoms with Crippen molar-refractivity contribution in [1.29, 1.82) is 0 Å². The number of hydrogen-bond acceptors (Lipinski definition) is 9. The van der Waals surface area contributed by atoms with Gasteiger partial charge in [0.15, 0.2) is 0 Å². The molecule has 0 unspecified atom stereocenters. The van der Waals surface area contributed by atoms with Crippen molar-refractivity contribution in [2.45, 2.75) is 158 Å². The summed E-state index contributed by atoms with van der Waals surface area (Å²) >= 11 is 5.01. The van der Waals surface area contributed by atoms with Crippen LogP contribution in [0.3, 0.4) is 0 Å². The molecule has 0 aliphatic carbocycles. The van der Waals surface area contributed by atoms with E-state index < -0.39 is 0 Å². The fourth-order valence-corrected chi connectivity index (χ4v) is 7.33. The summed E-state index contributed by atoms with van der Waals surface area (Å²) < 4.78 is 6.32. The van der Waals surface area contributed by atoms with Gasteiger partial charge >= 0.3 is 0 Å². The standard InChI is InChI=1S/C9H12.2C8H11N.C7H10N2.C7H11N.C7H10S.2C6H9NS/c1-8(2)9-6-4-3-5-7-9;1-7(2)8-4-3-5-9-6-8;1-7(2)8-5-3-4-6-9-8;1-6(2)7-8-4-3-5-9-7;1-7(2)8-5-3-4-6-8;1-6(2)7-4-3-5-8-7;1-5(2)6-3-8-4-7-6;1-5(2)6-3-4-8-7-6/h3-8H,1-2H3;2*3-7H,1-2H3;3-6H,1-2H3;3-7H,1-2H3;3-6H,1-2H3;2*3-5H,1-2H3. The third-order valence-corrected chi connectivity index (χ3v) is 12.0. The first-order valence-electron chi connectivity index (χ1n) is 24.0. The van der Waals surface area contributed by atoms with Crippen LogP contribution in [0.4, 0.5) is 0 Å². The maximum Gasteiger partial charge on any atom is 0.130 e. The van der Waals surface area contributed by atoms with E-state index in [9.17, 15) is 0 Å². The smallest absolute Gasteiger partial charge is 0.130 e. The topological polar surface area (TPSA) is 82.3 Å². The van der Waals surface area contributed by atoms with Crippen LogP contribution < -0.4 is 0 Å². The molecule has 7 nitrogen and oxygen atoms in total. The lowest BCUT2D eigenvalue weighted by Gasteiger charge is -2.03. The van der Waals surface area contributed by atoms with Crippen molar-refractivity contribution in [2.75, 3.05) is 0 Å². The summed E-state index contributed by atoms with van der Waals surface area (Å²) in [5.41, 5.74) is 8.16. The van der Waals surface area contributed by atoms with Gasteiger partial charge in [0.2, 0.25) is 0 Å². The second-order valence-electron chi connectivity index (χ2n) is 18.2. The van der Waals surface area contributed by atoms with Crippen LogP contribution >= 0.6 is 34.2 Å². The van der Waals surface area contributed by atoms with Crippen LogP contribution in [-0.2, 0) is 0 Å². The fourth-order valence-electron chi connectivity index (χ4n) is 5.22. The third kappa shape index (κ3) is 28.9. The quantitative estimate of drug-likeness (QED) is 0.151. The predicted molar refractivity (Wildman–Crippen MR) is 299 cm³/mol. The molecule has 10 heteroatoms. The largest absolute Gasteiger partial charge is 0.352 e. The number of nitrogens with zero attached hydrogens (tertiary/aromatic N) is 7. The Kier molecular flexibility index (Phi) is 33.0. The van der Waals surface area contributed by atoms with Crippen molar-refractivity contribution < 1.29 is 0 Å². The van der Waals surface area contributed by atoms with Gasteiger partial charge in [-0.3, -0.25) is 9.97 Å². The van der Waals surface area contributed by atoms with Gasteiger partial charge in [-0.1, -0.05) is 145 Å². The van der Waals surface area contributed by atoms with Gasteiger partial charge in [0.1, 0.15) is 5.82 Å². The molecule has 7 heterocycles. The van der Waals surface area contributed by atoms with Crippen molar-refractivity contribution >= 4 is 34.2 Å². The van der Waals surface area contributed by atoms with Crippen LogP contribution in [0, 0.1) is 0 Å². The lowest BCUT2D eigenvalue weighted by Crippen LogP contribution is -1.94. The summed E-state index contributed by atoms with van der Waals surface area (Å²) in [4.78, 5) is 21.9. The van der Waals surface area contributed by atoms with Crippen LogP contribution in [0.15, 0.2) is 162 Å². The average Bonchev–Trinajstić information content (AvgIpc) is 4.21. The van der Waals surface area contributed by atoms with Crippen LogP contribution in [0.2, 0.25) is 0 Å². The molecule has 368 valence electrons. The van der Waals surface area contributed by atoms with E-state index in [1.807, 2.05) is 83.2 Å². The van der Waals surface area contributed by atoms with E-state index in [2.05, 4.69) is 216 Å². The number of hydrogen-bond donors (Lipinski definition) is 0. The molecule has 7 aromatic heterocycles. The van der Waals surface area contributed by atoms with E-state index >= 15 is 0 Å². The highest BCUT2D eigenvalue weighted by molar-refractivity contribution is 7.10. The molecule has 1 aromatic carbocycles. The summed E-state index contributed by atoms with van der Waals surface area (Å²) in [6.45, 7) is 34.5. The van der Waals surface area contributed by atoms with Gasteiger partial charge in [-0.25, -0.2) is 15.0 Å². The Labute approximate surface area is 424 Å². The van der Waals surface area contributed by atoms with E-state index in [-0.39, 0.29) is 0 Å². The Hall–Kier alpha value is -5.16. The van der Waals surface area contributed by atoms with Crippen molar-refractivity contribution in [2.24, 2.45) is 0 Å². The molecule has 0 amide bonds. The van der Waals surface area contributed by atoms with Gasteiger partial charge in [-0.05, 0) is 126 Å². The zero-order chi connectivity index (χ0) is 50.7. The molecule has 0 N–H and O–H groups in total. The molecule has 68 heavy (non-hydrogen) atoms. The van der Waals surface area contributed by atoms with Gasteiger partial charge in [0, 0.05) is 76.7 Å². The minimum atomic E-state index is 0.436. The van der Waals surface area contributed by atoms with Gasteiger partial charge in [-0.2, -0.15) is 4.37 Å². The van der Waals surface area contributed by atoms with E-state index in [0.717, 1.165) is 11.5 Å². The highest BCUT2D eigenvalue weighted by Crippen LogP contribution is 2.19. The summed E-state index contributed by atoms with van der Waals surface area (Å²) in [5.74, 6) is 5.03. The average molecular weight is 975 g/mol. The molecule has 8 rings (SSSR count). The van der Waals surface area contributed by atoms with E-state index in [4.69, 9.17) is 0 Å². The first kappa shape index (κ1) is 60.9. The van der Waals surface area contributed by atoms with Crippen LogP contribution in [0.25, 0.3) is 0 Å². The molecule has 0 bridgehead atoms. The second-order valence-corrected chi connectivity index (χ2v) is 20.6. The van der Waals surface area contributed by atoms with Crippen LogP contribution in [0.1, 0.15) is 197 Å². The Balaban J connectivity index is 0.000000389. The zero-order valence-corrected chi connectivity index (χ0v) is 46.5. The number of aromatic nitrogens is 7. The van der Waals surface area contributed by atoms with Gasteiger partial charge < -0.3 is 4.57 Å². The number of benzene rings is 1. The van der Waals surface area contributed by atoms with E-state index in [0.29, 0.717) is 47.5 Å². The lowest BCUT2D eigenvalue weighted by atomic mass is 10.0. The predicted octanol–water partition coefficient (Wildman–Crippen LogP) is 18.3. The van der Waals surface area contributed by atoms with Gasteiger partial charge in [0.05, 0.1) is 16.9 Å². The second kappa shape index (κ2) is 36.8. The first-order valence-corrected chi connectivity index (χ1v) is 26.7. The summed E-state index contributed by atoms with van der Waals surface area (Å²) in [7, 11) is 0. The third-order valence-electron chi connectivity index (χ3n) is 9.63. The molecule has 0 radical (unpaired) electrons. The molecule has 0 atom stereocenters. The van der Waals surface area contributed by atoms with Gasteiger partial charge in [-0.15, -0.1) is 22.7 Å². The summed E-state index contributed by atoms with van der Waals surface area (Å²) in [6, 6.07) is 33.4. The zero-order valence-electron chi connectivity index (χ0n) is 44.1. The number of pyridine rings is 2. The normalized spacial score (nSPS) is 10.2. The molecule has 0 aliphatic rings. The molecule has 0 fully saturated rings. The number of thiophene rings is 1. The molecule has 0 aliphatic heterocycles. The van der Waals surface area contributed by atoms with Crippen molar-refractivity contribution in [3.8, 4) is 0 Å². The van der Waals surface area contributed by atoms with Crippen molar-refractivity contribution in [3.63, 3.8) is 0 Å². The van der Waals surface area contributed by atoms with Crippen LogP contribution in [-0.4, -0.2) is 33.9 Å². The maximum absolute atomic E-state index is 4.18. The minimum Gasteiger partial charge on any atom is -0.352 e. The summed E-state index contributed by atoms with van der Waals surface area (Å²) in [6.07, 6.45) is 13.2. The Morgan fingerprint density at radius 1 is 0.426 bits per heavy atom. The minimum absolute atomic E-state index is 0.436. The van der Waals surface area contributed by atoms with E-state index in [1.165, 1.54) is 38.9 Å². The molecule has 0 saturated carbocycles. The molecule has 0 spiro atoms. The first-order chi connectivity index (χ1) is 32.4. The molecule has 8 aromatic rings. The number of thiazole rings is 1. The monoisotopic (exact) mass is 974 g/mol. The maximum atomic E-state index is 4.18.